The largest absolute Gasteiger partial charge is 0.369 e. The molecule has 2 N–H and O–H groups in total. The van der Waals surface area contributed by atoms with Crippen molar-refractivity contribution in [1.82, 2.24) is 19.3 Å². The predicted molar refractivity (Wildman–Crippen MR) is 85.6 cm³/mol. The Morgan fingerprint density at radius 3 is 2.57 bits per heavy atom. The van der Waals surface area contributed by atoms with Gasteiger partial charge in [-0.15, -0.1) is 0 Å². The number of hydrogen-bond donors (Lipinski definition) is 1. The molecule has 5 nitrogen and oxygen atoms in total. The number of aryl methyl sites for hydroxylation is 2. The number of nitrogens with two attached hydrogens (primary N) is 1. The Morgan fingerprint density at radius 1 is 1.29 bits per heavy atom. The van der Waals surface area contributed by atoms with Crippen molar-refractivity contribution < 1.29 is 0 Å². The van der Waals surface area contributed by atoms with Crippen LogP contribution < -0.4 is 5.73 Å². The van der Waals surface area contributed by atoms with E-state index in [-0.39, 0.29) is 6.04 Å². The van der Waals surface area contributed by atoms with Gasteiger partial charge in [-0.2, -0.15) is 5.10 Å². The van der Waals surface area contributed by atoms with E-state index in [2.05, 4.69) is 23.9 Å². The van der Waals surface area contributed by atoms with Crippen LogP contribution in [0.1, 0.15) is 31.1 Å². The van der Waals surface area contributed by atoms with Gasteiger partial charge in [0.2, 0.25) is 5.95 Å². The van der Waals surface area contributed by atoms with E-state index in [1.165, 1.54) is 0 Å². The van der Waals surface area contributed by atoms with Crippen LogP contribution in [0.25, 0.3) is 11.2 Å². The molecule has 1 atom stereocenters. The van der Waals surface area contributed by atoms with Crippen LogP contribution in [0.3, 0.4) is 0 Å². The summed E-state index contributed by atoms with van der Waals surface area (Å²) in [5.74, 6) is 0.509. The van der Waals surface area contributed by atoms with E-state index in [9.17, 15) is 0 Å². The summed E-state index contributed by atoms with van der Waals surface area (Å²) >= 11 is 5.96. The van der Waals surface area contributed by atoms with Crippen molar-refractivity contribution in [2.45, 2.75) is 26.3 Å². The molecule has 2 aromatic heterocycles. The first-order chi connectivity index (χ1) is 10.0. The van der Waals surface area contributed by atoms with Gasteiger partial charge in [-0.05, 0) is 31.0 Å². The van der Waals surface area contributed by atoms with Crippen LogP contribution in [0.5, 0.6) is 0 Å². The third kappa shape index (κ3) is 2.17. The minimum atomic E-state index is 0.0624. The quantitative estimate of drug-likeness (QED) is 0.808. The molecule has 0 aliphatic carbocycles. The van der Waals surface area contributed by atoms with Gasteiger partial charge >= 0.3 is 0 Å². The summed E-state index contributed by atoms with van der Waals surface area (Å²) in [6.45, 7) is 4.17. The molecule has 0 bridgehead atoms. The Hall–Kier alpha value is -2.01. The molecule has 2 heterocycles. The first kappa shape index (κ1) is 13.9. The van der Waals surface area contributed by atoms with Gasteiger partial charge in [0.1, 0.15) is 5.52 Å². The van der Waals surface area contributed by atoms with Gasteiger partial charge in [0.15, 0.2) is 5.65 Å². The summed E-state index contributed by atoms with van der Waals surface area (Å²) in [5, 5.41) is 5.24. The molecular formula is C15H18ClN5. The highest BCUT2D eigenvalue weighted by Gasteiger charge is 2.21. The van der Waals surface area contributed by atoms with Crippen LogP contribution in [0.15, 0.2) is 24.3 Å². The Morgan fingerprint density at radius 2 is 1.95 bits per heavy atom. The van der Waals surface area contributed by atoms with Gasteiger partial charge in [-0.25, -0.2) is 4.98 Å². The molecule has 110 valence electrons. The molecule has 0 spiro atoms. The standard InChI is InChI=1S/C15H18ClN5/c1-4-12-13-14(20(3)19-12)21(15(17)18-13)9(2)10-5-7-11(16)8-6-10/h5-9H,4H2,1-3H3,(H2,17,18). The molecule has 21 heavy (non-hydrogen) atoms. The SMILES string of the molecule is CCc1nn(C)c2c1nc(N)n2C(C)c1ccc(Cl)cc1. The Balaban J connectivity index is 2.17. The lowest BCUT2D eigenvalue weighted by atomic mass is 10.1. The number of imidazole rings is 1. The van der Waals surface area contributed by atoms with Gasteiger partial charge in [0.05, 0.1) is 11.7 Å². The lowest BCUT2D eigenvalue weighted by Gasteiger charge is -2.16. The molecule has 0 saturated heterocycles. The first-order valence-corrected chi connectivity index (χ1v) is 7.35. The molecule has 6 heteroatoms. The fourth-order valence-corrected chi connectivity index (χ4v) is 2.86. The Kier molecular flexibility index (Phi) is 3.37. The van der Waals surface area contributed by atoms with Gasteiger partial charge in [0, 0.05) is 12.1 Å². The van der Waals surface area contributed by atoms with Crippen LogP contribution >= 0.6 is 11.6 Å². The third-order valence-corrected chi connectivity index (χ3v) is 4.09. The number of nitrogen functional groups attached to an aromatic ring is 1. The molecule has 0 amide bonds. The normalized spacial score (nSPS) is 13.0. The molecule has 3 aromatic rings. The fourth-order valence-electron chi connectivity index (χ4n) is 2.73. The zero-order chi connectivity index (χ0) is 15.1. The van der Waals surface area contributed by atoms with Crippen LogP contribution in [-0.2, 0) is 13.5 Å². The zero-order valence-corrected chi connectivity index (χ0v) is 13.1. The van der Waals surface area contributed by atoms with Gasteiger partial charge in [-0.3, -0.25) is 9.25 Å². The second-order valence-electron chi connectivity index (χ2n) is 5.16. The summed E-state index contributed by atoms with van der Waals surface area (Å²) in [5.41, 5.74) is 10.1. The van der Waals surface area contributed by atoms with Crippen molar-refractivity contribution in [2.24, 2.45) is 7.05 Å². The average Bonchev–Trinajstić information content (AvgIpc) is 2.95. The summed E-state index contributed by atoms with van der Waals surface area (Å²) in [4.78, 5) is 4.50. The van der Waals surface area contributed by atoms with Gasteiger partial charge in [0.25, 0.3) is 0 Å². The van der Waals surface area contributed by atoms with E-state index in [1.807, 2.05) is 40.6 Å². The number of aromatic nitrogens is 4. The number of hydrogen-bond acceptors (Lipinski definition) is 3. The Labute approximate surface area is 128 Å². The highest BCUT2D eigenvalue weighted by molar-refractivity contribution is 6.30. The van der Waals surface area contributed by atoms with Crippen molar-refractivity contribution in [3.05, 3.63) is 40.5 Å². The van der Waals surface area contributed by atoms with Gasteiger partial charge < -0.3 is 5.73 Å². The number of rotatable bonds is 3. The van der Waals surface area contributed by atoms with E-state index >= 15 is 0 Å². The van der Waals surface area contributed by atoms with E-state index in [0.717, 1.165) is 33.9 Å². The van der Waals surface area contributed by atoms with E-state index in [1.54, 1.807) is 0 Å². The molecule has 0 fully saturated rings. The van der Waals surface area contributed by atoms with Crippen LogP contribution in [0.4, 0.5) is 5.95 Å². The molecule has 1 aromatic carbocycles. The minimum Gasteiger partial charge on any atom is -0.369 e. The van der Waals surface area contributed by atoms with Gasteiger partial charge in [-0.1, -0.05) is 30.7 Å². The zero-order valence-electron chi connectivity index (χ0n) is 12.3. The molecule has 1 unspecified atom stereocenters. The maximum absolute atomic E-state index is 6.14. The van der Waals surface area contributed by atoms with Crippen molar-refractivity contribution in [3.63, 3.8) is 0 Å². The smallest absolute Gasteiger partial charge is 0.203 e. The van der Waals surface area contributed by atoms with E-state index < -0.39 is 0 Å². The van der Waals surface area contributed by atoms with Crippen LogP contribution in [0.2, 0.25) is 5.02 Å². The van der Waals surface area contributed by atoms with Crippen molar-refractivity contribution in [3.8, 4) is 0 Å². The van der Waals surface area contributed by atoms with Crippen molar-refractivity contribution in [2.75, 3.05) is 5.73 Å². The summed E-state index contributed by atoms with van der Waals surface area (Å²) in [6, 6.07) is 7.86. The number of anilines is 1. The lowest BCUT2D eigenvalue weighted by molar-refractivity contribution is 0.635. The monoisotopic (exact) mass is 303 g/mol. The Bertz CT molecular complexity index is 785. The maximum atomic E-state index is 6.14. The van der Waals surface area contributed by atoms with Crippen molar-refractivity contribution in [1.29, 1.82) is 0 Å². The van der Waals surface area contributed by atoms with Crippen LogP contribution in [0, 0.1) is 0 Å². The van der Waals surface area contributed by atoms with E-state index in [0.29, 0.717) is 5.95 Å². The highest BCUT2D eigenvalue weighted by atomic mass is 35.5. The first-order valence-electron chi connectivity index (χ1n) is 6.97. The maximum Gasteiger partial charge on any atom is 0.203 e. The van der Waals surface area contributed by atoms with Crippen molar-refractivity contribution >= 4 is 28.7 Å². The van der Waals surface area contributed by atoms with E-state index in [4.69, 9.17) is 17.3 Å². The fraction of sp³-hybridized carbons (Fsp3) is 0.333. The highest BCUT2D eigenvalue weighted by Crippen LogP contribution is 2.29. The number of benzene rings is 1. The molecule has 0 radical (unpaired) electrons. The molecular weight excluding hydrogens is 286 g/mol. The van der Waals surface area contributed by atoms with Crippen LogP contribution in [-0.4, -0.2) is 19.3 Å². The second kappa shape index (κ2) is 5.07. The predicted octanol–water partition coefficient (Wildman–Crippen LogP) is 3.18. The minimum absolute atomic E-state index is 0.0624. The summed E-state index contributed by atoms with van der Waals surface area (Å²) < 4.78 is 3.87. The molecule has 0 aliphatic rings. The molecule has 3 rings (SSSR count). The molecule has 0 aliphatic heterocycles. The number of nitrogens with zero attached hydrogens (tertiary/aromatic N) is 4. The molecule has 0 saturated carbocycles. The average molecular weight is 304 g/mol. The topological polar surface area (TPSA) is 61.7 Å². The lowest BCUT2D eigenvalue weighted by Crippen LogP contribution is -2.12. The third-order valence-electron chi connectivity index (χ3n) is 3.84. The number of halogens is 1. The second-order valence-corrected chi connectivity index (χ2v) is 5.60. The number of fused-ring (bicyclic) bond motifs is 1. The summed E-state index contributed by atoms with van der Waals surface area (Å²) in [7, 11) is 1.92. The summed E-state index contributed by atoms with van der Waals surface area (Å²) in [6.07, 6.45) is 0.836.